The van der Waals surface area contributed by atoms with E-state index in [4.69, 9.17) is 5.73 Å². The highest BCUT2D eigenvalue weighted by Gasteiger charge is 2.28. The lowest BCUT2D eigenvalue weighted by Crippen LogP contribution is -2.49. The van der Waals surface area contributed by atoms with Crippen LogP contribution in [0.25, 0.3) is 11.2 Å². The largest absolute Gasteiger partial charge is 0.352 e. The van der Waals surface area contributed by atoms with Gasteiger partial charge in [0.2, 0.25) is 0 Å². The molecule has 0 spiro atoms. The summed E-state index contributed by atoms with van der Waals surface area (Å²) in [6.07, 6.45) is 5.80. The van der Waals surface area contributed by atoms with Crippen LogP contribution in [0.1, 0.15) is 19.8 Å². The number of nitrogens with two attached hydrogens (primary N) is 1. The van der Waals surface area contributed by atoms with E-state index < -0.39 is 0 Å². The predicted molar refractivity (Wildman–Crippen MR) is 75.9 cm³/mol. The van der Waals surface area contributed by atoms with E-state index in [9.17, 15) is 0 Å². The summed E-state index contributed by atoms with van der Waals surface area (Å²) >= 11 is 0. The zero-order valence-corrected chi connectivity index (χ0v) is 11.2. The van der Waals surface area contributed by atoms with Crippen LogP contribution in [-0.2, 0) is 0 Å². The van der Waals surface area contributed by atoms with Crippen molar-refractivity contribution in [3.8, 4) is 0 Å². The Bertz CT molecular complexity index is 571. The molecule has 0 radical (unpaired) electrons. The summed E-state index contributed by atoms with van der Waals surface area (Å²) in [4.78, 5) is 15.5. The second-order valence-corrected chi connectivity index (χ2v) is 5.18. The molecule has 1 aliphatic rings. The first-order valence-corrected chi connectivity index (χ1v) is 6.84. The maximum atomic E-state index is 5.94. The normalized spacial score (nSPS) is 23.8. The quantitative estimate of drug-likeness (QED) is 0.884. The van der Waals surface area contributed by atoms with Gasteiger partial charge in [-0.3, -0.25) is 4.98 Å². The van der Waals surface area contributed by atoms with Gasteiger partial charge in [0.15, 0.2) is 5.65 Å². The van der Waals surface area contributed by atoms with E-state index in [2.05, 4.69) is 26.8 Å². The Hall–Kier alpha value is -1.75. The molecule has 0 bridgehead atoms. The van der Waals surface area contributed by atoms with Crippen LogP contribution < -0.4 is 10.6 Å². The topological polar surface area (TPSA) is 67.9 Å². The SMILES string of the molecule is CC1CCCN(c2ccc3nccnc3n2)C1CN. The fraction of sp³-hybridized carbons (Fsp3) is 0.500. The van der Waals surface area contributed by atoms with Gasteiger partial charge in [0, 0.05) is 31.5 Å². The number of rotatable bonds is 2. The highest BCUT2D eigenvalue weighted by Crippen LogP contribution is 2.27. The molecule has 2 N–H and O–H groups in total. The number of nitrogens with zero attached hydrogens (tertiary/aromatic N) is 4. The number of hydrogen-bond acceptors (Lipinski definition) is 5. The fourth-order valence-corrected chi connectivity index (χ4v) is 2.90. The summed E-state index contributed by atoms with van der Waals surface area (Å²) < 4.78 is 0. The molecule has 1 fully saturated rings. The van der Waals surface area contributed by atoms with E-state index in [1.165, 1.54) is 12.8 Å². The maximum Gasteiger partial charge on any atom is 0.180 e. The average Bonchev–Trinajstić information content (AvgIpc) is 2.46. The minimum Gasteiger partial charge on any atom is -0.352 e. The molecule has 2 aromatic rings. The van der Waals surface area contributed by atoms with Crippen LogP contribution in [0.15, 0.2) is 24.5 Å². The van der Waals surface area contributed by atoms with Gasteiger partial charge in [-0.05, 0) is 30.9 Å². The van der Waals surface area contributed by atoms with Gasteiger partial charge in [-0.15, -0.1) is 0 Å². The van der Waals surface area contributed by atoms with Gasteiger partial charge in [-0.25, -0.2) is 9.97 Å². The molecule has 5 heteroatoms. The number of anilines is 1. The number of hydrogen-bond donors (Lipinski definition) is 1. The van der Waals surface area contributed by atoms with Gasteiger partial charge >= 0.3 is 0 Å². The number of fused-ring (bicyclic) bond motifs is 1. The Labute approximate surface area is 112 Å². The first-order valence-electron chi connectivity index (χ1n) is 6.84. The zero-order valence-electron chi connectivity index (χ0n) is 11.2. The highest BCUT2D eigenvalue weighted by molar-refractivity contribution is 5.71. The summed E-state index contributed by atoms with van der Waals surface area (Å²) in [5, 5.41) is 0. The molecule has 0 saturated carbocycles. The zero-order chi connectivity index (χ0) is 13.2. The third-order valence-corrected chi connectivity index (χ3v) is 3.97. The molecule has 100 valence electrons. The van der Waals surface area contributed by atoms with E-state index in [0.29, 0.717) is 24.2 Å². The standard InChI is InChI=1S/C14H19N5/c1-10-3-2-8-19(12(10)9-15)13-5-4-11-14(18-13)17-7-6-16-11/h4-7,10,12H,2-3,8-9,15H2,1H3. The second-order valence-electron chi connectivity index (χ2n) is 5.18. The molecule has 2 atom stereocenters. The Morgan fingerprint density at radius 1 is 1.32 bits per heavy atom. The summed E-state index contributed by atoms with van der Waals surface area (Å²) in [7, 11) is 0. The van der Waals surface area contributed by atoms with Crippen molar-refractivity contribution >= 4 is 17.0 Å². The number of aromatic nitrogens is 3. The van der Waals surface area contributed by atoms with Crippen molar-refractivity contribution in [1.82, 2.24) is 15.0 Å². The molecule has 0 aliphatic carbocycles. The molecule has 1 saturated heterocycles. The van der Waals surface area contributed by atoms with E-state index >= 15 is 0 Å². The molecule has 19 heavy (non-hydrogen) atoms. The summed E-state index contributed by atoms with van der Waals surface area (Å²) in [6.45, 7) is 3.96. The highest BCUT2D eigenvalue weighted by atomic mass is 15.2. The third kappa shape index (κ3) is 2.26. The molecule has 0 amide bonds. The van der Waals surface area contributed by atoms with Gasteiger partial charge in [0.05, 0.1) is 0 Å². The Morgan fingerprint density at radius 2 is 2.16 bits per heavy atom. The van der Waals surface area contributed by atoms with Crippen LogP contribution in [0.4, 0.5) is 5.82 Å². The molecular weight excluding hydrogens is 238 g/mol. The van der Waals surface area contributed by atoms with Gasteiger partial charge < -0.3 is 10.6 Å². The molecule has 3 rings (SSSR count). The molecular formula is C14H19N5. The minimum atomic E-state index is 0.371. The first kappa shape index (κ1) is 12.3. The summed E-state index contributed by atoms with van der Waals surface area (Å²) in [6, 6.07) is 4.38. The van der Waals surface area contributed by atoms with E-state index in [1.807, 2.05) is 12.1 Å². The van der Waals surface area contributed by atoms with Gasteiger partial charge in [0.1, 0.15) is 11.3 Å². The minimum absolute atomic E-state index is 0.371. The molecule has 2 aromatic heterocycles. The smallest absolute Gasteiger partial charge is 0.180 e. The van der Waals surface area contributed by atoms with Crippen LogP contribution >= 0.6 is 0 Å². The maximum absolute atomic E-state index is 5.94. The summed E-state index contributed by atoms with van der Waals surface area (Å²) in [5.41, 5.74) is 7.47. The third-order valence-electron chi connectivity index (χ3n) is 3.97. The van der Waals surface area contributed by atoms with E-state index in [-0.39, 0.29) is 0 Å². The van der Waals surface area contributed by atoms with Crippen molar-refractivity contribution in [2.24, 2.45) is 11.7 Å². The lowest BCUT2D eigenvalue weighted by Gasteiger charge is -2.40. The Morgan fingerprint density at radius 3 is 3.00 bits per heavy atom. The van der Waals surface area contributed by atoms with Crippen molar-refractivity contribution in [2.45, 2.75) is 25.8 Å². The van der Waals surface area contributed by atoms with Crippen molar-refractivity contribution in [1.29, 1.82) is 0 Å². The van der Waals surface area contributed by atoms with Gasteiger partial charge in [-0.2, -0.15) is 0 Å². The van der Waals surface area contributed by atoms with Crippen LogP contribution in [0, 0.1) is 5.92 Å². The van der Waals surface area contributed by atoms with Crippen LogP contribution in [0.2, 0.25) is 0 Å². The number of pyridine rings is 1. The van der Waals surface area contributed by atoms with Crippen LogP contribution in [0.3, 0.4) is 0 Å². The van der Waals surface area contributed by atoms with Crippen molar-refractivity contribution in [2.75, 3.05) is 18.0 Å². The first-order chi connectivity index (χ1) is 9.29. The monoisotopic (exact) mass is 257 g/mol. The van der Waals surface area contributed by atoms with Crippen LogP contribution in [-0.4, -0.2) is 34.1 Å². The fourth-order valence-electron chi connectivity index (χ4n) is 2.90. The second kappa shape index (κ2) is 5.09. The Kier molecular flexibility index (Phi) is 3.29. The molecule has 1 aliphatic heterocycles. The molecule has 2 unspecified atom stereocenters. The lowest BCUT2D eigenvalue weighted by atomic mass is 9.91. The van der Waals surface area contributed by atoms with Crippen molar-refractivity contribution in [3.63, 3.8) is 0 Å². The van der Waals surface area contributed by atoms with Gasteiger partial charge in [0.25, 0.3) is 0 Å². The number of piperidine rings is 1. The van der Waals surface area contributed by atoms with Crippen LogP contribution in [0.5, 0.6) is 0 Å². The van der Waals surface area contributed by atoms with E-state index in [0.717, 1.165) is 17.9 Å². The van der Waals surface area contributed by atoms with Gasteiger partial charge in [-0.1, -0.05) is 6.92 Å². The van der Waals surface area contributed by atoms with Crippen molar-refractivity contribution in [3.05, 3.63) is 24.5 Å². The molecule has 0 aromatic carbocycles. The predicted octanol–water partition coefficient (Wildman–Crippen LogP) is 1.59. The van der Waals surface area contributed by atoms with Crippen molar-refractivity contribution < 1.29 is 0 Å². The molecule has 3 heterocycles. The Balaban J connectivity index is 1.98. The average molecular weight is 257 g/mol. The summed E-state index contributed by atoms with van der Waals surface area (Å²) in [5.74, 6) is 1.58. The lowest BCUT2D eigenvalue weighted by molar-refractivity contribution is 0.348. The molecule has 5 nitrogen and oxygen atoms in total. The van der Waals surface area contributed by atoms with E-state index in [1.54, 1.807) is 12.4 Å².